The predicted molar refractivity (Wildman–Crippen MR) is 119 cm³/mol. The number of nitrogens with one attached hydrogen (secondary N) is 2. The zero-order chi connectivity index (χ0) is 21.8. The number of methoxy groups -OCH3 is 1. The lowest BCUT2D eigenvalue weighted by atomic mass is 9.96. The van der Waals surface area contributed by atoms with E-state index in [2.05, 4.69) is 10.3 Å². The number of ether oxygens (including phenoxy) is 1. The Morgan fingerprint density at radius 2 is 1.94 bits per heavy atom. The molecule has 3 aromatic carbocycles. The van der Waals surface area contributed by atoms with Crippen LogP contribution in [0, 0.1) is 5.82 Å². The van der Waals surface area contributed by atoms with Crippen LogP contribution in [0.5, 0.6) is 5.75 Å². The van der Waals surface area contributed by atoms with Crippen LogP contribution >= 0.6 is 0 Å². The van der Waals surface area contributed by atoms with E-state index in [4.69, 9.17) is 4.74 Å². The molecule has 0 aliphatic heterocycles. The van der Waals surface area contributed by atoms with Crippen LogP contribution in [0.1, 0.15) is 27.5 Å². The van der Waals surface area contributed by atoms with Crippen LogP contribution in [0.15, 0.2) is 72.9 Å². The monoisotopic (exact) mass is 418 g/mol. The van der Waals surface area contributed by atoms with E-state index in [1.54, 1.807) is 31.5 Å². The second-order valence-electron chi connectivity index (χ2n) is 7.28. The number of aromatic nitrogens is 1. The van der Waals surface area contributed by atoms with E-state index in [0.29, 0.717) is 29.0 Å². The Balaban J connectivity index is 1.75. The van der Waals surface area contributed by atoms with Gasteiger partial charge in [-0.15, -0.1) is 0 Å². The normalized spacial score (nSPS) is 12.0. The van der Waals surface area contributed by atoms with Crippen molar-refractivity contribution in [1.82, 2.24) is 4.98 Å². The molecule has 0 fully saturated rings. The van der Waals surface area contributed by atoms with Crippen molar-refractivity contribution in [3.05, 3.63) is 95.4 Å². The number of fused-ring (bicyclic) bond motifs is 1. The van der Waals surface area contributed by atoms with E-state index in [1.165, 1.54) is 12.1 Å². The highest BCUT2D eigenvalue weighted by Crippen LogP contribution is 2.29. The molecule has 4 rings (SSSR count). The number of Topliss-reactive ketones (excluding diaryl/α,β-unsaturated/α-hetero) is 1. The molecule has 1 unspecified atom stereocenters. The number of aromatic amines is 1. The van der Waals surface area contributed by atoms with Gasteiger partial charge in [0.25, 0.3) is 0 Å². The average molecular weight is 418 g/mol. The van der Waals surface area contributed by atoms with E-state index in [-0.39, 0.29) is 18.2 Å². The minimum absolute atomic E-state index is 0.0365. The molecule has 0 saturated carbocycles. The van der Waals surface area contributed by atoms with Gasteiger partial charge in [0.2, 0.25) is 0 Å². The maximum absolute atomic E-state index is 13.7. The standard InChI is InChI=1S/C25H23FN2O3/c1-31-20-4-2-3-19(14-20)28-24(17-6-8-18(26)9-7-17)25(30)22-15-27-23-10-5-16(11-12-29)13-21(22)23/h2-10,13-15,24,27-29H,11-12H2,1H3. The molecule has 0 aliphatic carbocycles. The summed E-state index contributed by atoms with van der Waals surface area (Å²) in [7, 11) is 1.58. The zero-order valence-corrected chi connectivity index (χ0v) is 17.1. The van der Waals surface area contributed by atoms with E-state index >= 15 is 0 Å². The van der Waals surface area contributed by atoms with Crippen molar-refractivity contribution < 1.29 is 19.0 Å². The number of halogens is 1. The topological polar surface area (TPSA) is 74.3 Å². The van der Waals surface area contributed by atoms with Crippen molar-refractivity contribution in [2.24, 2.45) is 0 Å². The van der Waals surface area contributed by atoms with Crippen LogP contribution in [0.4, 0.5) is 10.1 Å². The van der Waals surface area contributed by atoms with Crippen molar-refractivity contribution in [3.63, 3.8) is 0 Å². The maximum atomic E-state index is 13.7. The van der Waals surface area contributed by atoms with Crippen molar-refractivity contribution >= 4 is 22.4 Å². The number of hydrogen-bond donors (Lipinski definition) is 3. The second-order valence-corrected chi connectivity index (χ2v) is 7.28. The molecule has 0 radical (unpaired) electrons. The molecule has 1 atom stereocenters. The molecule has 1 heterocycles. The summed E-state index contributed by atoms with van der Waals surface area (Å²) >= 11 is 0. The Labute approximate surface area is 179 Å². The Morgan fingerprint density at radius 3 is 2.68 bits per heavy atom. The van der Waals surface area contributed by atoms with Gasteiger partial charge in [0, 0.05) is 41.0 Å². The van der Waals surface area contributed by atoms with Crippen molar-refractivity contribution in [2.45, 2.75) is 12.5 Å². The van der Waals surface area contributed by atoms with E-state index in [0.717, 1.165) is 16.5 Å². The van der Waals surface area contributed by atoms with Gasteiger partial charge in [-0.3, -0.25) is 4.79 Å². The molecule has 4 aromatic rings. The number of H-pyrrole nitrogens is 1. The summed E-state index contributed by atoms with van der Waals surface area (Å²) < 4.78 is 18.8. The number of hydrogen-bond acceptors (Lipinski definition) is 4. The minimum Gasteiger partial charge on any atom is -0.497 e. The third kappa shape index (κ3) is 4.44. The molecule has 1 aromatic heterocycles. The smallest absolute Gasteiger partial charge is 0.191 e. The van der Waals surface area contributed by atoms with Crippen LogP contribution in [-0.2, 0) is 6.42 Å². The third-order valence-electron chi connectivity index (χ3n) is 5.26. The van der Waals surface area contributed by atoms with Gasteiger partial charge in [-0.05, 0) is 53.9 Å². The first-order valence-corrected chi connectivity index (χ1v) is 10.00. The molecular weight excluding hydrogens is 395 g/mol. The predicted octanol–water partition coefficient (Wildman–Crippen LogP) is 4.89. The number of benzene rings is 3. The first-order chi connectivity index (χ1) is 15.1. The SMILES string of the molecule is COc1cccc(NC(C(=O)c2c[nH]c3ccc(CCO)cc23)c2ccc(F)cc2)c1. The van der Waals surface area contributed by atoms with Crippen LogP contribution in [0.2, 0.25) is 0 Å². The van der Waals surface area contributed by atoms with Crippen molar-refractivity contribution in [1.29, 1.82) is 0 Å². The van der Waals surface area contributed by atoms with Gasteiger partial charge < -0.3 is 20.1 Å². The largest absolute Gasteiger partial charge is 0.497 e. The summed E-state index contributed by atoms with van der Waals surface area (Å²) in [5.74, 6) is 0.148. The molecule has 0 amide bonds. The molecule has 0 aliphatic rings. The molecule has 31 heavy (non-hydrogen) atoms. The summed E-state index contributed by atoms with van der Waals surface area (Å²) in [6, 6.07) is 18.2. The molecule has 3 N–H and O–H groups in total. The highest BCUT2D eigenvalue weighted by molar-refractivity contribution is 6.11. The quantitative estimate of drug-likeness (QED) is 0.356. The summed E-state index contributed by atoms with van der Waals surface area (Å²) in [5, 5.41) is 13.3. The molecule has 5 nitrogen and oxygen atoms in total. The second kappa shape index (κ2) is 9.02. The molecule has 0 spiro atoms. The lowest BCUT2D eigenvalue weighted by Gasteiger charge is -2.20. The fourth-order valence-electron chi connectivity index (χ4n) is 3.65. The van der Waals surface area contributed by atoms with Gasteiger partial charge in [-0.1, -0.05) is 24.3 Å². The number of carbonyl (C=O) groups excluding carboxylic acids is 1. The molecule has 158 valence electrons. The number of aliphatic hydroxyl groups is 1. The molecule has 0 bridgehead atoms. The van der Waals surface area contributed by atoms with Crippen molar-refractivity contribution in [3.8, 4) is 5.75 Å². The number of carbonyl (C=O) groups is 1. The van der Waals surface area contributed by atoms with Crippen LogP contribution < -0.4 is 10.1 Å². The van der Waals surface area contributed by atoms with Crippen LogP contribution in [0.3, 0.4) is 0 Å². The average Bonchev–Trinajstić information content (AvgIpc) is 3.21. The molecule has 0 saturated heterocycles. The number of rotatable bonds is 8. The van der Waals surface area contributed by atoms with Crippen molar-refractivity contribution in [2.75, 3.05) is 19.0 Å². The highest BCUT2D eigenvalue weighted by Gasteiger charge is 2.25. The van der Waals surface area contributed by atoms with Gasteiger partial charge in [0.05, 0.1) is 7.11 Å². The Hall–Kier alpha value is -3.64. The summed E-state index contributed by atoms with van der Waals surface area (Å²) in [4.78, 5) is 16.8. The third-order valence-corrected chi connectivity index (χ3v) is 5.26. The Bertz CT molecular complexity index is 1200. The fraction of sp³-hybridized carbons (Fsp3) is 0.160. The summed E-state index contributed by atoms with van der Waals surface area (Å²) in [6.07, 6.45) is 2.21. The lowest BCUT2D eigenvalue weighted by Crippen LogP contribution is -2.21. The molecule has 6 heteroatoms. The maximum Gasteiger partial charge on any atom is 0.191 e. The summed E-state index contributed by atoms with van der Waals surface area (Å²) in [5.41, 5.74) is 3.67. The summed E-state index contributed by atoms with van der Waals surface area (Å²) in [6.45, 7) is 0.0365. The van der Waals surface area contributed by atoms with Gasteiger partial charge in [-0.25, -0.2) is 4.39 Å². The van der Waals surface area contributed by atoms with E-state index < -0.39 is 6.04 Å². The van der Waals surface area contributed by atoms with E-state index in [9.17, 15) is 14.3 Å². The van der Waals surface area contributed by atoms with Gasteiger partial charge in [-0.2, -0.15) is 0 Å². The number of aliphatic hydroxyl groups excluding tert-OH is 1. The molecular formula is C25H23FN2O3. The first kappa shape index (κ1) is 20.6. The van der Waals surface area contributed by atoms with Gasteiger partial charge in [0.1, 0.15) is 17.6 Å². The fourth-order valence-corrected chi connectivity index (χ4v) is 3.65. The van der Waals surface area contributed by atoms with Crippen LogP contribution in [0.25, 0.3) is 10.9 Å². The Morgan fingerprint density at radius 1 is 1.13 bits per heavy atom. The van der Waals surface area contributed by atoms with Crippen LogP contribution in [-0.4, -0.2) is 29.6 Å². The first-order valence-electron chi connectivity index (χ1n) is 10.00. The highest BCUT2D eigenvalue weighted by atomic mass is 19.1. The number of ketones is 1. The van der Waals surface area contributed by atoms with Gasteiger partial charge >= 0.3 is 0 Å². The minimum atomic E-state index is -0.729. The van der Waals surface area contributed by atoms with E-state index in [1.807, 2.05) is 36.4 Å². The Kier molecular flexibility index (Phi) is 6.00. The van der Waals surface area contributed by atoms with Gasteiger partial charge in [0.15, 0.2) is 5.78 Å². The number of anilines is 1. The lowest BCUT2D eigenvalue weighted by molar-refractivity contribution is 0.0971. The zero-order valence-electron chi connectivity index (χ0n) is 17.1.